The SMILES string of the molecule is CCCCCCCCCCCCSSC(=S)N1Cc2ccccc2C1. The summed E-state index contributed by atoms with van der Waals surface area (Å²) in [5, 5.41) is 0. The van der Waals surface area contributed by atoms with Gasteiger partial charge in [-0.25, -0.2) is 0 Å². The van der Waals surface area contributed by atoms with Gasteiger partial charge in [-0.15, -0.1) is 0 Å². The second kappa shape index (κ2) is 13.1. The van der Waals surface area contributed by atoms with Crippen molar-refractivity contribution in [3.8, 4) is 0 Å². The molecule has 0 bridgehead atoms. The molecule has 1 aromatic rings. The van der Waals surface area contributed by atoms with Gasteiger partial charge in [0.05, 0.1) is 0 Å². The van der Waals surface area contributed by atoms with Crippen molar-refractivity contribution in [3.63, 3.8) is 0 Å². The summed E-state index contributed by atoms with van der Waals surface area (Å²) in [6.45, 7) is 4.26. The van der Waals surface area contributed by atoms with Crippen molar-refractivity contribution in [2.45, 2.75) is 84.2 Å². The van der Waals surface area contributed by atoms with Crippen LogP contribution >= 0.6 is 33.8 Å². The van der Waals surface area contributed by atoms with Gasteiger partial charge in [0, 0.05) is 18.8 Å². The Morgan fingerprint density at radius 1 is 0.880 bits per heavy atom. The molecule has 1 nitrogen and oxygen atoms in total. The van der Waals surface area contributed by atoms with Crippen LogP contribution < -0.4 is 0 Å². The Balaban J connectivity index is 1.40. The third-order valence-electron chi connectivity index (χ3n) is 4.81. The Morgan fingerprint density at radius 3 is 1.96 bits per heavy atom. The molecule has 0 unspecified atom stereocenters. The summed E-state index contributed by atoms with van der Waals surface area (Å²) in [6.07, 6.45) is 14.1. The highest BCUT2D eigenvalue weighted by molar-refractivity contribution is 8.83. The molecule has 0 saturated carbocycles. The fourth-order valence-electron chi connectivity index (χ4n) is 3.26. The van der Waals surface area contributed by atoms with Crippen molar-refractivity contribution in [1.82, 2.24) is 4.90 Å². The van der Waals surface area contributed by atoms with E-state index in [2.05, 4.69) is 36.1 Å². The molecule has 1 heterocycles. The highest BCUT2D eigenvalue weighted by Gasteiger charge is 2.20. The van der Waals surface area contributed by atoms with Crippen LogP contribution in [0.2, 0.25) is 0 Å². The van der Waals surface area contributed by atoms with Crippen molar-refractivity contribution in [1.29, 1.82) is 0 Å². The molecule has 0 aliphatic carbocycles. The van der Waals surface area contributed by atoms with E-state index in [0.717, 1.165) is 17.4 Å². The molecule has 4 heteroatoms. The minimum Gasteiger partial charge on any atom is -0.348 e. The zero-order valence-electron chi connectivity index (χ0n) is 15.7. The second-order valence-corrected chi connectivity index (χ2v) is 10.0. The van der Waals surface area contributed by atoms with Gasteiger partial charge in [-0.2, -0.15) is 0 Å². The first-order chi connectivity index (χ1) is 12.3. The van der Waals surface area contributed by atoms with Crippen LogP contribution in [-0.2, 0) is 13.1 Å². The van der Waals surface area contributed by atoms with Gasteiger partial charge in [-0.1, -0.05) is 112 Å². The van der Waals surface area contributed by atoms with Crippen LogP contribution in [-0.4, -0.2) is 15.0 Å². The van der Waals surface area contributed by atoms with Crippen molar-refractivity contribution in [2.75, 3.05) is 5.75 Å². The Labute approximate surface area is 168 Å². The molecule has 0 fully saturated rings. The smallest absolute Gasteiger partial charge is 0.147 e. The molecule has 0 atom stereocenters. The molecule has 0 radical (unpaired) electrons. The summed E-state index contributed by atoms with van der Waals surface area (Å²) in [5.74, 6) is 1.22. The molecule has 1 aliphatic rings. The van der Waals surface area contributed by atoms with Crippen LogP contribution in [0.3, 0.4) is 0 Å². The van der Waals surface area contributed by atoms with E-state index in [0.29, 0.717) is 0 Å². The van der Waals surface area contributed by atoms with Crippen molar-refractivity contribution in [3.05, 3.63) is 35.4 Å². The number of hydrogen-bond donors (Lipinski definition) is 0. The van der Waals surface area contributed by atoms with Gasteiger partial charge in [0.25, 0.3) is 0 Å². The molecular formula is C21H33NS3. The van der Waals surface area contributed by atoms with Crippen molar-refractivity contribution >= 4 is 38.1 Å². The fourth-order valence-corrected chi connectivity index (χ4v) is 5.78. The van der Waals surface area contributed by atoms with Crippen LogP contribution in [0.4, 0.5) is 0 Å². The minimum atomic E-state index is 0.987. The molecule has 2 rings (SSSR count). The van der Waals surface area contributed by atoms with Crippen LogP contribution in [0.25, 0.3) is 0 Å². The van der Waals surface area contributed by atoms with E-state index in [1.165, 1.54) is 81.1 Å². The molecule has 0 amide bonds. The van der Waals surface area contributed by atoms with E-state index in [1.807, 2.05) is 10.8 Å². The predicted molar refractivity (Wildman–Crippen MR) is 120 cm³/mol. The normalized spacial score (nSPS) is 13.2. The van der Waals surface area contributed by atoms with E-state index >= 15 is 0 Å². The van der Waals surface area contributed by atoms with Crippen molar-refractivity contribution < 1.29 is 0 Å². The van der Waals surface area contributed by atoms with Crippen LogP contribution in [0.5, 0.6) is 0 Å². The Hall–Kier alpha value is -0.190. The molecule has 0 spiro atoms. The lowest BCUT2D eigenvalue weighted by Gasteiger charge is -2.17. The number of hydrogen-bond acceptors (Lipinski definition) is 3. The summed E-state index contributed by atoms with van der Waals surface area (Å²) in [5.41, 5.74) is 2.87. The number of nitrogens with zero attached hydrogens (tertiary/aromatic N) is 1. The Kier molecular flexibility index (Phi) is 11.0. The van der Waals surface area contributed by atoms with Crippen LogP contribution in [0.1, 0.15) is 82.3 Å². The van der Waals surface area contributed by atoms with Gasteiger partial charge < -0.3 is 4.90 Å². The quantitative estimate of drug-likeness (QED) is 0.204. The number of benzene rings is 1. The zero-order valence-corrected chi connectivity index (χ0v) is 18.1. The monoisotopic (exact) mass is 395 g/mol. The summed E-state index contributed by atoms with van der Waals surface area (Å²) < 4.78 is 1.05. The molecular weight excluding hydrogens is 362 g/mol. The predicted octanol–water partition coefficient (Wildman–Crippen LogP) is 7.59. The molecule has 0 N–H and O–H groups in total. The summed E-state index contributed by atoms with van der Waals surface area (Å²) in [6, 6.07) is 8.69. The van der Waals surface area contributed by atoms with E-state index in [1.54, 1.807) is 10.8 Å². The van der Waals surface area contributed by atoms with Crippen LogP contribution in [0.15, 0.2) is 24.3 Å². The third kappa shape index (κ3) is 8.36. The summed E-state index contributed by atoms with van der Waals surface area (Å²) in [4.78, 5) is 2.33. The minimum absolute atomic E-state index is 0.987. The lowest BCUT2D eigenvalue weighted by molar-refractivity contribution is 0.464. The zero-order chi connectivity index (χ0) is 17.7. The topological polar surface area (TPSA) is 3.24 Å². The maximum Gasteiger partial charge on any atom is 0.147 e. The van der Waals surface area contributed by atoms with E-state index in [9.17, 15) is 0 Å². The lowest BCUT2D eigenvalue weighted by atomic mass is 10.1. The van der Waals surface area contributed by atoms with Crippen LogP contribution in [0, 0.1) is 0 Å². The first-order valence-electron chi connectivity index (χ1n) is 9.96. The third-order valence-corrected chi connectivity index (χ3v) is 7.94. The second-order valence-electron chi connectivity index (χ2n) is 6.98. The van der Waals surface area contributed by atoms with Gasteiger partial charge in [-0.3, -0.25) is 0 Å². The van der Waals surface area contributed by atoms with E-state index in [4.69, 9.17) is 12.2 Å². The number of thiocarbonyl (C=S) groups is 1. The lowest BCUT2D eigenvalue weighted by Crippen LogP contribution is -2.19. The largest absolute Gasteiger partial charge is 0.348 e. The van der Waals surface area contributed by atoms with Gasteiger partial charge in [0.2, 0.25) is 0 Å². The highest BCUT2D eigenvalue weighted by Crippen LogP contribution is 2.31. The first-order valence-corrected chi connectivity index (χ1v) is 12.7. The van der Waals surface area contributed by atoms with Gasteiger partial charge in [0.15, 0.2) is 0 Å². The summed E-state index contributed by atoms with van der Waals surface area (Å²) in [7, 11) is 3.74. The maximum absolute atomic E-state index is 5.61. The molecule has 140 valence electrons. The molecule has 1 aromatic carbocycles. The van der Waals surface area contributed by atoms with E-state index < -0.39 is 0 Å². The van der Waals surface area contributed by atoms with Gasteiger partial charge in [0.1, 0.15) is 4.32 Å². The van der Waals surface area contributed by atoms with Gasteiger partial charge >= 0.3 is 0 Å². The Bertz CT molecular complexity index is 479. The molecule has 1 aliphatic heterocycles. The number of unbranched alkanes of at least 4 members (excludes halogenated alkanes) is 9. The fraction of sp³-hybridized carbons (Fsp3) is 0.667. The average Bonchev–Trinajstić information content (AvgIpc) is 3.07. The van der Waals surface area contributed by atoms with Crippen molar-refractivity contribution in [2.24, 2.45) is 0 Å². The highest BCUT2D eigenvalue weighted by atomic mass is 33.1. The number of rotatable bonds is 12. The number of fused-ring (bicyclic) bond motifs is 1. The van der Waals surface area contributed by atoms with E-state index in [-0.39, 0.29) is 0 Å². The molecule has 25 heavy (non-hydrogen) atoms. The molecule has 0 aromatic heterocycles. The first kappa shape index (κ1) is 21.1. The average molecular weight is 396 g/mol. The molecule has 0 saturated heterocycles. The maximum atomic E-state index is 5.61. The Morgan fingerprint density at radius 2 is 1.40 bits per heavy atom. The standard InChI is InChI=1S/C21H33NS3/c1-2-3-4-5-6-7-8-9-10-13-16-24-25-21(23)22-17-19-14-11-12-15-20(19)18-22/h11-12,14-15H,2-10,13,16-18H2,1H3. The van der Waals surface area contributed by atoms with Gasteiger partial charge in [-0.05, 0) is 28.3 Å². The summed E-state index contributed by atoms with van der Waals surface area (Å²) >= 11 is 5.61.